The van der Waals surface area contributed by atoms with Crippen LogP contribution in [0.5, 0.6) is 0 Å². The average molecular weight is 777 g/mol. The van der Waals surface area contributed by atoms with Crippen molar-refractivity contribution in [2.75, 3.05) is 27.3 Å². The second kappa shape index (κ2) is 17.5. The van der Waals surface area contributed by atoms with E-state index in [0.717, 1.165) is 84.4 Å². The second-order valence-corrected chi connectivity index (χ2v) is 15.4. The van der Waals surface area contributed by atoms with Crippen molar-refractivity contribution >= 4 is 24.0 Å². The van der Waals surface area contributed by atoms with Crippen LogP contribution in [0.25, 0.3) is 33.6 Å². The van der Waals surface area contributed by atoms with Crippen molar-refractivity contribution in [1.29, 1.82) is 0 Å². The first-order chi connectivity index (χ1) is 27.6. The number of benzene rings is 2. The summed E-state index contributed by atoms with van der Waals surface area (Å²) in [6.45, 7) is 4.84. The average Bonchev–Trinajstić information content (AvgIpc) is 4.09. The number of nitrogens with one attached hydrogen (secondary N) is 4. The molecule has 300 valence electrons. The normalized spacial score (nSPS) is 19.4. The highest BCUT2D eigenvalue weighted by Crippen LogP contribution is 2.35. The molecule has 1 saturated carbocycles. The fourth-order valence-corrected chi connectivity index (χ4v) is 8.36. The monoisotopic (exact) mass is 776 g/mol. The number of hydrogen-bond acceptors (Lipinski definition) is 8. The van der Waals surface area contributed by atoms with E-state index < -0.39 is 24.3 Å². The summed E-state index contributed by atoms with van der Waals surface area (Å²) in [6.07, 6.45) is 13.0. The standard InChI is InChI=1S/C43H52N8O6/c1-26(2)36(48-42(54)56-3)40(52)50-22-8-12-34(50)38-44-24-32(46-38)29-18-14-27(15-19-29)28-16-20-30(21-17-28)33-25-45-39(47-33)35-13-9-23-51(35)41(53)37(49-43(55)57-4)31-10-6-5-7-11-31/h9,13-21,24-26,31,34-37H,5-8,10-12,22-23H2,1-4H3,(H,44,46)(H,45,47)(H,48,54)(H,49,55)/t34-,35-,36?,37-/m0/s1. The van der Waals surface area contributed by atoms with Crippen molar-refractivity contribution in [3.63, 3.8) is 0 Å². The van der Waals surface area contributed by atoms with Gasteiger partial charge in [-0.3, -0.25) is 9.59 Å². The molecule has 4 N–H and O–H groups in total. The number of methoxy groups -OCH3 is 2. The Balaban J connectivity index is 1.00. The minimum Gasteiger partial charge on any atom is -0.453 e. The molecule has 0 bridgehead atoms. The lowest BCUT2D eigenvalue weighted by Gasteiger charge is -2.34. The van der Waals surface area contributed by atoms with E-state index in [9.17, 15) is 19.2 Å². The summed E-state index contributed by atoms with van der Waals surface area (Å²) < 4.78 is 9.63. The summed E-state index contributed by atoms with van der Waals surface area (Å²) in [4.78, 5) is 71.5. The fourth-order valence-electron chi connectivity index (χ4n) is 8.36. The van der Waals surface area contributed by atoms with E-state index in [2.05, 4.69) is 67.0 Å². The number of imidazole rings is 2. The molecule has 0 spiro atoms. The van der Waals surface area contributed by atoms with Gasteiger partial charge in [-0.1, -0.05) is 93.8 Å². The summed E-state index contributed by atoms with van der Waals surface area (Å²) in [5.74, 6) is 1.09. The minimum absolute atomic E-state index is 0.0706. The quantitative estimate of drug-likeness (QED) is 0.119. The van der Waals surface area contributed by atoms with Gasteiger partial charge in [0.1, 0.15) is 29.8 Å². The Morgan fingerprint density at radius 2 is 1.26 bits per heavy atom. The molecule has 7 rings (SSSR count). The van der Waals surface area contributed by atoms with Gasteiger partial charge in [0.15, 0.2) is 0 Å². The molecule has 1 unspecified atom stereocenters. The molecule has 2 aromatic heterocycles. The van der Waals surface area contributed by atoms with Gasteiger partial charge < -0.3 is 39.9 Å². The van der Waals surface area contributed by atoms with Gasteiger partial charge >= 0.3 is 12.2 Å². The molecule has 4 amide bonds. The van der Waals surface area contributed by atoms with E-state index in [-0.39, 0.29) is 35.7 Å². The van der Waals surface area contributed by atoms with Crippen LogP contribution in [-0.2, 0) is 19.1 Å². The summed E-state index contributed by atoms with van der Waals surface area (Å²) in [5.41, 5.74) is 5.75. The number of carbonyl (C=O) groups excluding carboxylic acids is 4. The lowest BCUT2D eigenvalue weighted by molar-refractivity contribution is -0.136. The van der Waals surface area contributed by atoms with Crippen LogP contribution in [0.3, 0.4) is 0 Å². The summed E-state index contributed by atoms with van der Waals surface area (Å²) >= 11 is 0. The molecule has 57 heavy (non-hydrogen) atoms. The van der Waals surface area contributed by atoms with Crippen LogP contribution in [0.4, 0.5) is 9.59 Å². The van der Waals surface area contributed by atoms with E-state index in [0.29, 0.717) is 18.9 Å². The summed E-state index contributed by atoms with van der Waals surface area (Å²) in [7, 11) is 2.61. The lowest BCUT2D eigenvalue weighted by atomic mass is 9.83. The maximum atomic E-state index is 13.9. The highest BCUT2D eigenvalue weighted by molar-refractivity contribution is 5.87. The Kier molecular flexibility index (Phi) is 12.1. The van der Waals surface area contributed by atoms with E-state index in [1.54, 1.807) is 17.3 Å². The Hall–Kier alpha value is -5.92. The van der Waals surface area contributed by atoms with Crippen LogP contribution in [0, 0.1) is 11.8 Å². The first kappa shape index (κ1) is 39.3. The summed E-state index contributed by atoms with van der Waals surface area (Å²) in [5, 5.41) is 5.53. The highest BCUT2D eigenvalue weighted by Gasteiger charge is 2.39. The van der Waals surface area contributed by atoms with Gasteiger partial charge in [0.2, 0.25) is 11.8 Å². The van der Waals surface area contributed by atoms with Crippen molar-refractivity contribution in [3.8, 4) is 33.6 Å². The maximum Gasteiger partial charge on any atom is 0.407 e. The largest absolute Gasteiger partial charge is 0.453 e. The number of rotatable bonds is 11. The van der Waals surface area contributed by atoms with Gasteiger partial charge in [-0.05, 0) is 59.8 Å². The number of alkyl carbamates (subject to hydrolysis) is 2. The molecule has 14 nitrogen and oxygen atoms in total. The van der Waals surface area contributed by atoms with Gasteiger partial charge in [-0.25, -0.2) is 19.6 Å². The molecular formula is C43H52N8O6. The van der Waals surface area contributed by atoms with E-state index in [4.69, 9.17) is 9.47 Å². The van der Waals surface area contributed by atoms with Crippen molar-refractivity contribution in [3.05, 3.63) is 84.7 Å². The lowest BCUT2D eigenvalue weighted by Crippen LogP contribution is -2.52. The van der Waals surface area contributed by atoms with Gasteiger partial charge in [0, 0.05) is 13.1 Å². The number of aromatic amines is 2. The molecule has 0 radical (unpaired) electrons. The van der Waals surface area contributed by atoms with E-state index >= 15 is 0 Å². The number of H-pyrrole nitrogens is 2. The predicted molar refractivity (Wildman–Crippen MR) is 214 cm³/mol. The third kappa shape index (κ3) is 8.59. The van der Waals surface area contributed by atoms with Crippen LogP contribution in [-0.4, -0.2) is 93.1 Å². The van der Waals surface area contributed by atoms with Crippen LogP contribution < -0.4 is 10.6 Å². The van der Waals surface area contributed by atoms with Crippen molar-refractivity contribution in [2.24, 2.45) is 11.8 Å². The van der Waals surface area contributed by atoms with Gasteiger partial charge in [0.05, 0.1) is 44.0 Å². The smallest absolute Gasteiger partial charge is 0.407 e. The first-order valence-electron chi connectivity index (χ1n) is 19.9. The molecule has 2 aliphatic heterocycles. The number of likely N-dealkylation sites (tertiary alicyclic amines) is 1. The van der Waals surface area contributed by atoms with Crippen molar-refractivity contribution in [1.82, 2.24) is 40.4 Å². The topological polar surface area (TPSA) is 175 Å². The predicted octanol–water partition coefficient (Wildman–Crippen LogP) is 6.92. The van der Waals surface area contributed by atoms with Crippen LogP contribution >= 0.6 is 0 Å². The number of aromatic nitrogens is 4. The number of amides is 4. The van der Waals surface area contributed by atoms with E-state index in [1.165, 1.54) is 14.2 Å². The SMILES string of the molecule is COC(=O)NC(C(=O)N1CCC[C@H]1c1ncc(-c2ccc(-c3ccc(-c4cnc([C@@H]5C=CCN5C(=O)[C@@H](NC(=O)OC)C5CCCCC5)[nH]4)cc3)cc2)[nH]1)C(C)C. The molecule has 2 fully saturated rings. The molecular weight excluding hydrogens is 725 g/mol. The van der Waals surface area contributed by atoms with Crippen LogP contribution in [0.1, 0.15) is 82.5 Å². The molecule has 1 aliphatic carbocycles. The van der Waals surface area contributed by atoms with Gasteiger partial charge in [-0.2, -0.15) is 0 Å². The van der Waals surface area contributed by atoms with Gasteiger partial charge in [0.25, 0.3) is 0 Å². The summed E-state index contributed by atoms with van der Waals surface area (Å²) in [6, 6.07) is 14.6. The van der Waals surface area contributed by atoms with Crippen molar-refractivity contribution < 1.29 is 28.7 Å². The number of carbonyl (C=O) groups is 4. The maximum absolute atomic E-state index is 13.9. The fraction of sp³-hybridized carbons (Fsp3) is 0.442. The number of nitrogens with zero attached hydrogens (tertiary/aromatic N) is 4. The molecule has 14 heteroatoms. The molecule has 1 saturated heterocycles. The number of ether oxygens (including phenoxy) is 2. The highest BCUT2D eigenvalue weighted by atomic mass is 16.5. The third-order valence-electron chi connectivity index (χ3n) is 11.5. The zero-order valence-corrected chi connectivity index (χ0v) is 33.0. The Morgan fingerprint density at radius 3 is 1.86 bits per heavy atom. The molecule has 4 aromatic rings. The zero-order chi connectivity index (χ0) is 40.1. The van der Waals surface area contributed by atoms with E-state index in [1.807, 2.05) is 43.0 Å². The molecule has 4 heterocycles. The Morgan fingerprint density at radius 1 is 0.702 bits per heavy atom. The molecule has 3 aliphatic rings. The van der Waals surface area contributed by atoms with Crippen molar-refractivity contribution in [2.45, 2.75) is 83.0 Å². The number of hydrogen-bond donors (Lipinski definition) is 4. The second-order valence-electron chi connectivity index (χ2n) is 15.4. The van der Waals surface area contributed by atoms with Crippen LogP contribution in [0.2, 0.25) is 0 Å². The Labute approximate surface area is 332 Å². The van der Waals surface area contributed by atoms with Crippen LogP contribution in [0.15, 0.2) is 73.1 Å². The minimum atomic E-state index is -0.688. The molecule has 2 aromatic carbocycles. The Bertz CT molecular complexity index is 2070. The van der Waals surface area contributed by atoms with Gasteiger partial charge in [-0.15, -0.1) is 0 Å². The first-order valence-corrected chi connectivity index (χ1v) is 19.9. The third-order valence-corrected chi connectivity index (χ3v) is 11.5. The zero-order valence-electron chi connectivity index (χ0n) is 33.0. The molecule has 4 atom stereocenters.